The molecule has 5 heteroatoms. The lowest BCUT2D eigenvalue weighted by Crippen LogP contribution is -2.14. The molecule has 2 aromatic rings. The number of aromatic nitrogens is 1. The highest BCUT2D eigenvalue weighted by Gasteiger charge is 2.07. The van der Waals surface area contributed by atoms with Crippen LogP contribution in [0.4, 0.5) is 0 Å². The summed E-state index contributed by atoms with van der Waals surface area (Å²) in [6, 6.07) is 12.0. The second-order valence-electron chi connectivity index (χ2n) is 4.09. The van der Waals surface area contributed by atoms with Gasteiger partial charge < -0.3 is 5.11 Å². The maximum absolute atomic E-state index is 10.0. The van der Waals surface area contributed by atoms with Crippen LogP contribution in [0.3, 0.4) is 0 Å². The fraction of sp³-hybridized carbons (Fsp3) is 0.214. The van der Waals surface area contributed by atoms with Gasteiger partial charge >= 0.3 is 0 Å². The molecule has 1 heterocycles. The summed E-state index contributed by atoms with van der Waals surface area (Å²) in [5.74, 6) is 0.666. The smallest absolute Gasteiger partial charge is 0.0689 e. The van der Waals surface area contributed by atoms with E-state index >= 15 is 0 Å². The second kappa shape index (κ2) is 7.43. The highest BCUT2D eigenvalue weighted by molar-refractivity contribution is 9.10. The summed E-state index contributed by atoms with van der Waals surface area (Å²) in [5.41, 5.74) is 0.909. The van der Waals surface area contributed by atoms with Gasteiger partial charge in [0.05, 0.1) is 6.10 Å². The molecule has 0 spiro atoms. The van der Waals surface area contributed by atoms with Gasteiger partial charge in [0.2, 0.25) is 0 Å². The van der Waals surface area contributed by atoms with Crippen LogP contribution < -0.4 is 0 Å². The van der Waals surface area contributed by atoms with Gasteiger partial charge in [0.15, 0.2) is 0 Å². The van der Waals surface area contributed by atoms with Gasteiger partial charge in [-0.05, 0) is 52.3 Å². The molecular formula is C14H13Br2NOS. The van der Waals surface area contributed by atoms with Gasteiger partial charge in [-0.1, -0.05) is 15.9 Å². The normalized spacial score (nSPS) is 12.4. The molecule has 0 fully saturated rings. The quantitative estimate of drug-likeness (QED) is 0.756. The number of aliphatic hydroxyl groups is 1. The molecule has 1 aromatic heterocycles. The first-order valence-corrected chi connectivity index (χ1v) is 8.37. The summed E-state index contributed by atoms with van der Waals surface area (Å²) >= 11 is 8.40. The van der Waals surface area contributed by atoms with Crippen LogP contribution in [-0.4, -0.2) is 21.9 Å². The fourth-order valence-corrected chi connectivity index (χ4v) is 2.88. The van der Waals surface area contributed by atoms with Crippen molar-refractivity contribution in [2.75, 3.05) is 5.75 Å². The predicted octanol–water partition coefficient (Wildman–Crippen LogP) is 4.30. The summed E-state index contributed by atoms with van der Waals surface area (Å²) in [6.45, 7) is 0. The molecule has 0 aliphatic carbocycles. The van der Waals surface area contributed by atoms with E-state index in [4.69, 9.17) is 0 Å². The Kier molecular flexibility index (Phi) is 5.88. The minimum absolute atomic E-state index is 0.387. The van der Waals surface area contributed by atoms with Crippen LogP contribution in [0.2, 0.25) is 0 Å². The minimum atomic E-state index is -0.387. The molecule has 19 heavy (non-hydrogen) atoms. The number of rotatable bonds is 5. The zero-order valence-electron chi connectivity index (χ0n) is 10.1. The van der Waals surface area contributed by atoms with E-state index in [9.17, 15) is 5.11 Å². The van der Waals surface area contributed by atoms with Crippen LogP contribution in [0, 0.1) is 0 Å². The lowest BCUT2D eigenvalue weighted by atomic mass is 10.2. The zero-order valence-corrected chi connectivity index (χ0v) is 14.1. The molecular weight excluding hydrogens is 390 g/mol. The number of pyridine rings is 1. The van der Waals surface area contributed by atoms with Gasteiger partial charge in [-0.25, -0.2) is 0 Å². The average Bonchev–Trinajstić information content (AvgIpc) is 2.41. The summed E-state index contributed by atoms with van der Waals surface area (Å²) in [5, 5.41) is 10.0. The third kappa shape index (κ3) is 5.26. The second-order valence-corrected chi connectivity index (χ2v) is 7.02. The molecule has 1 N–H and O–H groups in total. The molecule has 1 aromatic carbocycles. The summed E-state index contributed by atoms with van der Waals surface area (Å²) in [4.78, 5) is 5.42. The molecule has 2 nitrogen and oxygen atoms in total. The number of hydrogen-bond donors (Lipinski definition) is 1. The Balaban J connectivity index is 1.82. The van der Waals surface area contributed by atoms with Crippen molar-refractivity contribution in [3.05, 3.63) is 57.2 Å². The Morgan fingerprint density at radius 2 is 1.74 bits per heavy atom. The monoisotopic (exact) mass is 401 g/mol. The van der Waals surface area contributed by atoms with Crippen molar-refractivity contribution in [1.82, 2.24) is 4.98 Å². The Morgan fingerprint density at radius 3 is 2.37 bits per heavy atom. The van der Waals surface area contributed by atoms with Gasteiger partial charge in [0, 0.05) is 37.9 Å². The number of thioether (sulfide) groups is 1. The van der Waals surface area contributed by atoms with Gasteiger partial charge in [-0.3, -0.25) is 4.98 Å². The molecule has 0 bridgehead atoms. The predicted molar refractivity (Wildman–Crippen MR) is 86.5 cm³/mol. The Labute approximate surface area is 133 Å². The van der Waals surface area contributed by atoms with Crippen molar-refractivity contribution >= 4 is 43.6 Å². The summed E-state index contributed by atoms with van der Waals surface area (Å²) < 4.78 is 2.02. The Hall–Kier alpha value is -0.360. The maximum atomic E-state index is 10.0. The van der Waals surface area contributed by atoms with E-state index in [-0.39, 0.29) is 6.10 Å². The lowest BCUT2D eigenvalue weighted by molar-refractivity contribution is 0.199. The number of halogens is 2. The van der Waals surface area contributed by atoms with Crippen molar-refractivity contribution in [3.8, 4) is 0 Å². The first kappa shape index (κ1) is 15.0. The van der Waals surface area contributed by atoms with Gasteiger partial charge in [0.1, 0.15) is 0 Å². The summed E-state index contributed by atoms with van der Waals surface area (Å²) in [7, 11) is 0. The SMILES string of the molecule is OC(CSc1ccc(Br)cc1)Cc1ccc(Br)cn1. The first-order valence-electron chi connectivity index (χ1n) is 5.80. The molecule has 100 valence electrons. The van der Waals surface area contributed by atoms with Gasteiger partial charge in [-0.15, -0.1) is 11.8 Å². The van der Waals surface area contributed by atoms with E-state index < -0.39 is 0 Å². The number of hydrogen-bond acceptors (Lipinski definition) is 3. The molecule has 1 atom stereocenters. The highest BCUT2D eigenvalue weighted by atomic mass is 79.9. The molecule has 0 amide bonds. The first-order chi connectivity index (χ1) is 9.13. The lowest BCUT2D eigenvalue weighted by Gasteiger charge is -2.10. The summed E-state index contributed by atoms with van der Waals surface area (Å²) in [6.07, 6.45) is 1.95. The van der Waals surface area contributed by atoms with E-state index in [1.807, 2.05) is 36.4 Å². The van der Waals surface area contributed by atoms with E-state index in [2.05, 4.69) is 36.8 Å². The van der Waals surface area contributed by atoms with Crippen LogP contribution in [0.25, 0.3) is 0 Å². The van der Waals surface area contributed by atoms with Crippen molar-refractivity contribution < 1.29 is 5.11 Å². The van der Waals surface area contributed by atoms with Crippen LogP contribution in [0.15, 0.2) is 56.4 Å². The maximum Gasteiger partial charge on any atom is 0.0689 e. The number of nitrogens with zero attached hydrogens (tertiary/aromatic N) is 1. The van der Waals surface area contributed by atoms with Crippen molar-refractivity contribution in [2.45, 2.75) is 17.4 Å². The van der Waals surface area contributed by atoms with Crippen LogP contribution in [-0.2, 0) is 6.42 Å². The van der Waals surface area contributed by atoms with Crippen molar-refractivity contribution in [3.63, 3.8) is 0 Å². The van der Waals surface area contributed by atoms with Crippen molar-refractivity contribution in [2.24, 2.45) is 0 Å². The Bertz CT molecular complexity index is 516. The van der Waals surface area contributed by atoms with E-state index in [1.54, 1.807) is 18.0 Å². The zero-order chi connectivity index (χ0) is 13.7. The molecule has 0 saturated heterocycles. The fourth-order valence-electron chi connectivity index (χ4n) is 1.55. The highest BCUT2D eigenvalue weighted by Crippen LogP contribution is 2.22. The number of benzene rings is 1. The van der Waals surface area contributed by atoms with Crippen LogP contribution >= 0.6 is 43.6 Å². The van der Waals surface area contributed by atoms with Crippen LogP contribution in [0.1, 0.15) is 5.69 Å². The standard InChI is InChI=1S/C14H13Br2NOS/c15-10-2-5-14(6-3-10)19-9-13(18)7-12-4-1-11(16)8-17-12/h1-6,8,13,18H,7,9H2. The third-order valence-corrected chi connectivity index (χ3v) is 4.64. The van der Waals surface area contributed by atoms with Gasteiger partial charge in [0.25, 0.3) is 0 Å². The Morgan fingerprint density at radius 1 is 1.05 bits per heavy atom. The van der Waals surface area contributed by atoms with E-state index in [1.165, 1.54) is 0 Å². The minimum Gasteiger partial charge on any atom is -0.392 e. The third-order valence-electron chi connectivity index (χ3n) is 2.49. The molecule has 0 radical (unpaired) electrons. The van der Waals surface area contributed by atoms with E-state index in [0.717, 1.165) is 19.5 Å². The molecule has 0 aliphatic heterocycles. The van der Waals surface area contributed by atoms with E-state index in [0.29, 0.717) is 12.2 Å². The topological polar surface area (TPSA) is 33.1 Å². The van der Waals surface area contributed by atoms with Crippen molar-refractivity contribution in [1.29, 1.82) is 0 Å². The number of aliphatic hydroxyl groups excluding tert-OH is 1. The van der Waals surface area contributed by atoms with Gasteiger partial charge in [-0.2, -0.15) is 0 Å². The molecule has 2 rings (SSSR count). The largest absolute Gasteiger partial charge is 0.392 e. The van der Waals surface area contributed by atoms with Crippen LogP contribution in [0.5, 0.6) is 0 Å². The molecule has 1 unspecified atom stereocenters. The average molecular weight is 403 g/mol. The molecule has 0 saturated carbocycles. The molecule has 0 aliphatic rings.